The lowest BCUT2D eigenvalue weighted by Crippen LogP contribution is -2.25. The number of hydrogen-bond acceptors (Lipinski definition) is 8. The number of hydrogen-bond donors (Lipinski definition) is 1. The average molecular weight is 578 g/mol. The van der Waals surface area contributed by atoms with Crippen LogP contribution in [-0.2, 0) is 18.6 Å². The second-order valence-corrected chi connectivity index (χ2v) is 10.3. The van der Waals surface area contributed by atoms with Gasteiger partial charge in [-0.15, -0.1) is 0 Å². The number of likely N-dealkylation sites (N-methyl/N-ethyl adjacent to an activating group) is 1. The van der Waals surface area contributed by atoms with Gasteiger partial charge in [-0.1, -0.05) is 47.6 Å². The summed E-state index contributed by atoms with van der Waals surface area (Å²) in [6.07, 6.45) is 3.22. The van der Waals surface area contributed by atoms with Gasteiger partial charge in [0, 0.05) is 55.8 Å². The molecule has 8 nitrogen and oxygen atoms in total. The molecule has 0 aliphatic carbocycles. The summed E-state index contributed by atoms with van der Waals surface area (Å²) in [7, 11) is 5.23. The fraction of sp³-hybridized carbons (Fsp3) is 0.267. The van der Waals surface area contributed by atoms with Gasteiger partial charge in [0.2, 0.25) is 0 Å². The molecule has 40 heavy (non-hydrogen) atoms. The number of halogens is 1. The van der Waals surface area contributed by atoms with Crippen LogP contribution in [0.5, 0.6) is 11.5 Å². The van der Waals surface area contributed by atoms with Crippen molar-refractivity contribution >= 4 is 35.1 Å². The number of thioether (sulfide) groups is 1. The van der Waals surface area contributed by atoms with E-state index in [1.165, 1.54) is 11.8 Å². The van der Waals surface area contributed by atoms with Crippen molar-refractivity contribution in [2.75, 3.05) is 39.3 Å². The van der Waals surface area contributed by atoms with E-state index in [1.54, 1.807) is 26.5 Å². The van der Waals surface area contributed by atoms with Crippen LogP contribution >= 0.6 is 23.4 Å². The van der Waals surface area contributed by atoms with E-state index in [9.17, 15) is 4.79 Å². The number of rotatable bonds is 13. The number of nitrogens with zero attached hydrogens (tertiary/aromatic N) is 4. The Morgan fingerprint density at radius 3 is 2.58 bits per heavy atom. The quantitative estimate of drug-likeness (QED) is 0.127. The third kappa shape index (κ3) is 8.34. The van der Waals surface area contributed by atoms with Crippen molar-refractivity contribution in [3.8, 4) is 11.5 Å². The molecule has 0 bridgehead atoms. The molecule has 0 radical (unpaired) electrons. The summed E-state index contributed by atoms with van der Waals surface area (Å²) in [5.41, 5.74) is 3.68. The number of methoxy groups -OCH3 is 2. The maximum Gasteiger partial charge on any atom is 0.251 e. The SMILES string of the molecule is COc1ccc(CCN(C)c2cc(Cl)nc(SCc3cccc(C(=O)NCCc4ccccn4)c3)n2)cc1OC. The van der Waals surface area contributed by atoms with E-state index in [0.717, 1.165) is 35.6 Å². The summed E-state index contributed by atoms with van der Waals surface area (Å²) in [6, 6.07) is 21.0. The number of amides is 1. The molecule has 0 saturated carbocycles. The lowest BCUT2D eigenvalue weighted by Gasteiger charge is -2.19. The molecule has 2 aromatic carbocycles. The summed E-state index contributed by atoms with van der Waals surface area (Å²) >= 11 is 7.82. The minimum absolute atomic E-state index is 0.111. The van der Waals surface area contributed by atoms with Crippen molar-refractivity contribution in [3.63, 3.8) is 0 Å². The Balaban J connectivity index is 1.32. The molecular weight excluding hydrogens is 546 g/mol. The number of nitrogens with one attached hydrogen (secondary N) is 1. The van der Waals surface area contributed by atoms with Crippen molar-refractivity contribution in [2.24, 2.45) is 0 Å². The van der Waals surface area contributed by atoms with Crippen LogP contribution in [0.1, 0.15) is 27.2 Å². The number of carbonyl (C=O) groups excluding carboxylic acids is 1. The smallest absolute Gasteiger partial charge is 0.251 e. The van der Waals surface area contributed by atoms with Gasteiger partial charge in [-0.25, -0.2) is 9.97 Å². The molecule has 0 unspecified atom stereocenters. The van der Waals surface area contributed by atoms with Crippen molar-refractivity contribution in [2.45, 2.75) is 23.8 Å². The molecule has 208 valence electrons. The van der Waals surface area contributed by atoms with Crippen LogP contribution in [0.4, 0.5) is 5.82 Å². The third-order valence-electron chi connectivity index (χ3n) is 6.19. The molecule has 4 aromatic rings. The average Bonchev–Trinajstić information content (AvgIpc) is 2.99. The molecule has 1 N–H and O–H groups in total. The van der Waals surface area contributed by atoms with Crippen LogP contribution in [-0.4, -0.2) is 55.2 Å². The largest absolute Gasteiger partial charge is 0.493 e. The van der Waals surface area contributed by atoms with Crippen LogP contribution in [0.3, 0.4) is 0 Å². The summed E-state index contributed by atoms with van der Waals surface area (Å²) in [6.45, 7) is 1.25. The minimum atomic E-state index is -0.111. The number of aromatic nitrogens is 3. The second-order valence-electron chi connectivity index (χ2n) is 9.01. The molecule has 2 heterocycles. The first kappa shape index (κ1) is 29.2. The Morgan fingerprint density at radius 2 is 1.80 bits per heavy atom. The highest BCUT2D eigenvalue weighted by Gasteiger charge is 2.12. The van der Waals surface area contributed by atoms with Gasteiger partial charge in [0.25, 0.3) is 5.91 Å². The normalized spacial score (nSPS) is 10.7. The predicted molar refractivity (Wildman–Crippen MR) is 160 cm³/mol. The van der Waals surface area contributed by atoms with E-state index in [-0.39, 0.29) is 5.91 Å². The standard InChI is InChI=1S/C30H32ClN5O3S/c1-36(16-13-21-10-11-25(38-2)26(18-21)39-3)28-19-27(31)34-30(35-28)40-20-22-7-6-8-23(17-22)29(37)33-15-12-24-9-4-5-14-32-24/h4-11,14,17-19H,12-13,15-16,20H2,1-3H3,(H,33,37). The van der Waals surface area contributed by atoms with Gasteiger partial charge in [0.1, 0.15) is 11.0 Å². The number of carbonyl (C=O) groups is 1. The molecule has 0 fully saturated rings. The highest BCUT2D eigenvalue weighted by molar-refractivity contribution is 7.98. The Hall–Kier alpha value is -3.82. The highest BCUT2D eigenvalue weighted by atomic mass is 35.5. The number of ether oxygens (including phenoxy) is 2. The number of benzene rings is 2. The van der Waals surface area contributed by atoms with Crippen molar-refractivity contribution < 1.29 is 14.3 Å². The predicted octanol–water partition coefficient (Wildman–Crippen LogP) is 5.49. The first-order valence-corrected chi connectivity index (χ1v) is 14.2. The Kier molecular flexibility index (Phi) is 10.6. The zero-order valence-corrected chi connectivity index (χ0v) is 24.3. The Labute approximate surface area is 244 Å². The number of anilines is 1. The minimum Gasteiger partial charge on any atom is -0.493 e. The first-order valence-electron chi connectivity index (χ1n) is 12.8. The lowest BCUT2D eigenvalue weighted by atomic mass is 10.1. The maximum absolute atomic E-state index is 12.7. The zero-order valence-electron chi connectivity index (χ0n) is 22.8. The summed E-state index contributed by atoms with van der Waals surface area (Å²) < 4.78 is 10.7. The molecule has 0 aliphatic rings. The fourth-order valence-corrected chi connectivity index (χ4v) is 5.02. The van der Waals surface area contributed by atoms with Gasteiger partial charge in [-0.3, -0.25) is 9.78 Å². The first-order chi connectivity index (χ1) is 19.4. The molecular formula is C30H32ClN5O3S. The molecule has 0 atom stereocenters. The van der Waals surface area contributed by atoms with E-state index in [1.807, 2.05) is 72.6 Å². The summed E-state index contributed by atoms with van der Waals surface area (Å²) in [5.74, 6) is 2.64. The monoisotopic (exact) mass is 577 g/mol. The van der Waals surface area contributed by atoms with Crippen molar-refractivity contribution in [1.29, 1.82) is 0 Å². The maximum atomic E-state index is 12.7. The van der Waals surface area contributed by atoms with Gasteiger partial charge >= 0.3 is 0 Å². The van der Waals surface area contributed by atoms with Gasteiger partial charge in [0.15, 0.2) is 16.7 Å². The van der Waals surface area contributed by atoms with Crippen LogP contribution in [0, 0.1) is 0 Å². The van der Waals surface area contributed by atoms with Crippen LogP contribution < -0.4 is 19.7 Å². The Morgan fingerprint density at radius 1 is 0.950 bits per heavy atom. The Bertz CT molecular complexity index is 1420. The topological polar surface area (TPSA) is 89.5 Å². The lowest BCUT2D eigenvalue weighted by molar-refractivity contribution is 0.0954. The zero-order chi connectivity index (χ0) is 28.3. The summed E-state index contributed by atoms with van der Waals surface area (Å²) in [4.78, 5) is 28.1. The van der Waals surface area contributed by atoms with Gasteiger partial charge < -0.3 is 19.7 Å². The van der Waals surface area contributed by atoms with Crippen LogP contribution in [0.2, 0.25) is 5.15 Å². The third-order valence-corrected chi connectivity index (χ3v) is 7.30. The molecule has 4 rings (SSSR count). The van der Waals surface area contributed by atoms with E-state index in [0.29, 0.717) is 46.1 Å². The second kappa shape index (κ2) is 14.5. The van der Waals surface area contributed by atoms with E-state index >= 15 is 0 Å². The molecule has 1 amide bonds. The molecule has 10 heteroatoms. The number of pyridine rings is 1. The van der Waals surface area contributed by atoms with Crippen molar-refractivity contribution in [3.05, 3.63) is 100 Å². The van der Waals surface area contributed by atoms with Gasteiger partial charge in [-0.2, -0.15) is 0 Å². The van der Waals surface area contributed by atoms with Crippen LogP contribution in [0.25, 0.3) is 0 Å². The van der Waals surface area contributed by atoms with E-state index in [2.05, 4.69) is 15.3 Å². The molecule has 0 saturated heterocycles. The van der Waals surface area contributed by atoms with E-state index in [4.69, 9.17) is 26.1 Å². The van der Waals surface area contributed by atoms with Crippen LogP contribution in [0.15, 0.2) is 78.1 Å². The summed E-state index contributed by atoms with van der Waals surface area (Å²) in [5, 5.41) is 3.92. The van der Waals surface area contributed by atoms with Gasteiger partial charge in [-0.05, 0) is 53.9 Å². The van der Waals surface area contributed by atoms with Gasteiger partial charge in [0.05, 0.1) is 14.2 Å². The molecule has 0 spiro atoms. The highest BCUT2D eigenvalue weighted by Crippen LogP contribution is 2.28. The molecule has 2 aromatic heterocycles. The van der Waals surface area contributed by atoms with Crippen molar-refractivity contribution in [1.82, 2.24) is 20.3 Å². The molecule has 0 aliphatic heterocycles. The van der Waals surface area contributed by atoms with E-state index < -0.39 is 0 Å². The fourth-order valence-electron chi connectivity index (χ4n) is 4.00.